The molecule has 0 saturated heterocycles. The van der Waals surface area contributed by atoms with Crippen LogP contribution in [0.3, 0.4) is 0 Å². The lowest BCUT2D eigenvalue weighted by molar-refractivity contribution is 0.601. The van der Waals surface area contributed by atoms with Crippen LogP contribution in [0.15, 0.2) is 22.6 Å². The van der Waals surface area contributed by atoms with Gasteiger partial charge in [-0.15, -0.1) is 0 Å². The van der Waals surface area contributed by atoms with Gasteiger partial charge >= 0.3 is 0 Å². The molecule has 1 aliphatic rings. The molecule has 0 radical (unpaired) electrons. The summed E-state index contributed by atoms with van der Waals surface area (Å²) in [5, 5.41) is 4.98. The van der Waals surface area contributed by atoms with Crippen LogP contribution in [0.5, 0.6) is 0 Å². The molecule has 0 atom stereocenters. The molecule has 0 spiro atoms. The fourth-order valence-electron chi connectivity index (χ4n) is 1.13. The SMILES string of the molecule is CC1=C(S(N)(=O)=O)CCC=C1. The summed E-state index contributed by atoms with van der Waals surface area (Å²) in [6, 6.07) is 0. The maximum Gasteiger partial charge on any atom is 0.234 e. The van der Waals surface area contributed by atoms with Gasteiger partial charge < -0.3 is 0 Å². The molecule has 0 heterocycles. The monoisotopic (exact) mass is 173 g/mol. The first-order valence-electron chi connectivity index (χ1n) is 3.41. The molecule has 0 amide bonds. The first-order valence-corrected chi connectivity index (χ1v) is 4.95. The molecule has 62 valence electrons. The Morgan fingerprint density at radius 2 is 2.18 bits per heavy atom. The van der Waals surface area contributed by atoms with E-state index in [-0.39, 0.29) is 0 Å². The van der Waals surface area contributed by atoms with Crippen LogP contribution in [0.2, 0.25) is 0 Å². The number of rotatable bonds is 1. The van der Waals surface area contributed by atoms with Crippen molar-refractivity contribution < 1.29 is 8.42 Å². The molecule has 0 aliphatic heterocycles. The Morgan fingerprint density at radius 1 is 1.55 bits per heavy atom. The van der Waals surface area contributed by atoms with Crippen molar-refractivity contribution in [3.8, 4) is 0 Å². The molecule has 0 bridgehead atoms. The van der Waals surface area contributed by atoms with E-state index in [1.165, 1.54) is 0 Å². The van der Waals surface area contributed by atoms with E-state index < -0.39 is 10.0 Å². The van der Waals surface area contributed by atoms with Crippen molar-refractivity contribution >= 4 is 10.0 Å². The van der Waals surface area contributed by atoms with E-state index in [0.717, 1.165) is 12.0 Å². The molecular formula is C7H11NO2S. The quantitative estimate of drug-likeness (QED) is 0.640. The van der Waals surface area contributed by atoms with Gasteiger partial charge in [-0.25, -0.2) is 13.6 Å². The molecule has 0 saturated carbocycles. The minimum absolute atomic E-state index is 0.375. The van der Waals surface area contributed by atoms with Gasteiger partial charge in [0, 0.05) is 0 Å². The summed E-state index contributed by atoms with van der Waals surface area (Å²) in [4.78, 5) is 0.375. The highest BCUT2D eigenvalue weighted by Gasteiger charge is 2.15. The fraction of sp³-hybridized carbons (Fsp3) is 0.429. The standard InChI is InChI=1S/C7H11NO2S/c1-6-4-2-3-5-7(6)11(8,9)10/h2,4H,3,5H2,1H3,(H2,8,9,10). The highest BCUT2D eigenvalue weighted by atomic mass is 32.2. The summed E-state index contributed by atoms with van der Waals surface area (Å²) in [6.07, 6.45) is 5.05. The van der Waals surface area contributed by atoms with Gasteiger partial charge in [-0.05, 0) is 25.3 Å². The zero-order valence-electron chi connectivity index (χ0n) is 6.37. The second-order valence-corrected chi connectivity index (χ2v) is 4.18. The Kier molecular flexibility index (Phi) is 2.15. The summed E-state index contributed by atoms with van der Waals surface area (Å²) in [6.45, 7) is 1.76. The van der Waals surface area contributed by atoms with E-state index in [0.29, 0.717) is 11.3 Å². The first-order chi connectivity index (χ1) is 5.02. The van der Waals surface area contributed by atoms with Gasteiger partial charge in [0.15, 0.2) is 0 Å². The highest BCUT2D eigenvalue weighted by molar-refractivity contribution is 7.93. The van der Waals surface area contributed by atoms with Crippen LogP contribution in [-0.2, 0) is 10.0 Å². The van der Waals surface area contributed by atoms with Crippen LogP contribution >= 0.6 is 0 Å². The van der Waals surface area contributed by atoms with Gasteiger partial charge in [-0.2, -0.15) is 0 Å². The molecule has 2 N–H and O–H groups in total. The summed E-state index contributed by atoms with van der Waals surface area (Å²) in [5.41, 5.74) is 0.763. The van der Waals surface area contributed by atoms with E-state index in [2.05, 4.69) is 0 Å². The third-order valence-electron chi connectivity index (χ3n) is 1.69. The molecule has 0 aromatic heterocycles. The molecule has 0 aromatic carbocycles. The third-order valence-corrected chi connectivity index (χ3v) is 2.90. The van der Waals surface area contributed by atoms with E-state index >= 15 is 0 Å². The van der Waals surface area contributed by atoms with Gasteiger partial charge in [-0.1, -0.05) is 12.2 Å². The average Bonchev–Trinajstić information content (AvgIpc) is 1.86. The topological polar surface area (TPSA) is 60.2 Å². The maximum atomic E-state index is 10.9. The smallest absolute Gasteiger partial charge is 0.225 e. The largest absolute Gasteiger partial charge is 0.234 e. The lowest BCUT2D eigenvalue weighted by atomic mass is 10.1. The number of primary sulfonamides is 1. The molecule has 11 heavy (non-hydrogen) atoms. The molecule has 0 unspecified atom stereocenters. The van der Waals surface area contributed by atoms with Crippen LogP contribution in [0.1, 0.15) is 19.8 Å². The molecule has 3 nitrogen and oxygen atoms in total. The Morgan fingerprint density at radius 3 is 2.55 bits per heavy atom. The Labute approximate surface area is 66.6 Å². The van der Waals surface area contributed by atoms with Crippen molar-refractivity contribution in [1.82, 2.24) is 0 Å². The van der Waals surface area contributed by atoms with Crippen LogP contribution in [0.25, 0.3) is 0 Å². The summed E-state index contributed by atoms with van der Waals surface area (Å²) >= 11 is 0. The van der Waals surface area contributed by atoms with E-state index in [1.54, 1.807) is 13.0 Å². The average molecular weight is 173 g/mol. The number of sulfonamides is 1. The zero-order chi connectivity index (χ0) is 8.48. The molecule has 1 rings (SSSR count). The minimum Gasteiger partial charge on any atom is -0.225 e. The van der Waals surface area contributed by atoms with Crippen LogP contribution in [0, 0.1) is 0 Å². The Bertz CT molecular complexity index is 311. The second kappa shape index (κ2) is 2.79. The predicted molar refractivity (Wildman–Crippen MR) is 44.2 cm³/mol. The van der Waals surface area contributed by atoms with Gasteiger partial charge in [-0.3, -0.25) is 0 Å². The number of hydrogen-bond acceptors (Lipinski definition) is 2. The van der Waals surface area contributed by atoms with Gasteiger partial charge in [0.1, 0.15) is 0 Å². The van der Waals surface area contributed by atoms with E-state index in [1.807, 2.05) is 6.08 Å². The number of nitrogens with two attached hydrogens (primary N) is 1. The first kappa shape index (κ1) is 8.49. The van der Waals surface area contributed by atoms with Gasteiger partial charge in [0.25, 0.3) is 0 Å². The molecule has 0 fully saturated rings. The highest BCUT2D eigenvalue weighted by Crippen LogP contribution is 2.21. The molecule has 0 aromatic rings. The fourth-order valence-corrected chi connectivity index (χ4v) is 2.05. The summed E-state index contributed by atoms with van der Waals surface area (Å²) < 4.78 is 21.8. The Balaban J connectivity index is 3.13. The van der Waals surface area contributed by atoms with Crippen LogP contribution in [0.4, 0.5) is 0 Å². The summed E-state index contributed by atoms with van der Waals surface area (Å²) in [7, 11) is -3.45. The second-order valence-electron chi connectivity index (χ2n) is 2.59. The lowest BCUT2D eigenvalue weighted by Gasteiger charge is -2.09. The zero-order valence-corrected chi connectivity index (χ0v) is 7.19. The van der Waals surface area contributed by atoms with Crippen molar-refractivity contribution in [3.63, 3.8) is 0 Å². The van der Waals surface area contributed by atoms with Gasteiger partial charge in [0.2, 0.25) is 10.0 Å². The summed E-state index contributed by atoms with van der Waals surface area (Å²) in [5.74, 6) is 0. The van der Waals surface area contributed by atoms with E-state index in [9.17, 15) is 8.42 Å². The normalized spacial score (nSPS) is 19.1. The molecule has 1 aliphatic carbocycles. The minimum atomic E-state index is -3.45. The van der Waals surface area contributed by atoms with Gasteiger partial charge in [0.05, 0.1) is 4.91 Å². The van der Waals surface area contributed by atoms with E-state index in [4.69, 9.17) is 5.14 Å². The van der Waals surface area contributed by atoms with Crippen molar-refractivity contribution in [3.05, 3.63) is 22.6 Å². The van der Waals surface area contributed by atoms with Crippen molar-refractivity contribution in [2.24, 2.45) is 5.14 Å². The van der Waals surface area contributed by atoms with Crippen molar-refractivity contribution in [2.75, 3.05) is 0 Å². The van der Waals surface area contributed by atoms with Crippen LogP contribution < -0.4 is 5.14 Å². The lowest BCUT2D eigenvalue weighted by Crippen LogP contribution is -2.16. The third kappa shape index (κ3) is 1.91. The number of hydrogen-bond donors (Lipinski definition) is 1. The Hall–Kier alpha value is -0.610. The van der Waals surface area contributed by atoms with Crippen LogP contribution in [-0.4, -0.2) is 8.42 Å². The van der Waals surface area contributed by atoms with Crippen molar-refractivity contribution in [1.29, 1.82) is 0 Å². The predicted octanol–water partition coefficient (Wildman–Crippen LogP) is 0.899. The maximum absolute atomic E-state index is 10.9. The number of allylic oxidation sites excluding steroid dienone is 4. The molecule has 4 heteroatoms. The van der Waals surface area contributed by atoms with Crippen molar-refractivity contribution in [2.45, 2.75) is 19.8 Å². The molecular weight excluding hydrogens is 162 g/mol.